The molecular weight excluding hydrogens is 613 g/mol. The number of nitrogens with zero attached hydrogens (tertiary/aromatic N) is 6. The van der Waals surface area contributed by atoms with Crippen molar-refractivity contribution in [2.75, 3.05) is 0 Å². The SMILES string of the molecule is c1cnc2c(c1)ccc1ccc(-c3ccc(-c4ccc5cc(-c6ccc7ccc(-c8cnccn8)nc7c6)ccc5n4)c4ccccc34)nc12. The van der Waals surface area contributed by atoms with Gasteiger partial charge in [-0.3, -0.25) is 15.0 Å². The number of hydrogen-bond donors (Lipinski definition) is 0. The van der Waals surface area contributed by atoms with Gasteiger partial charge < -0.3 is 0 Å². The number of hydrogen-bond acceptors (Lipinski definition) is 6. The average Bonchev–Trinajstić information content (AvgIpc) is 3.19. The first-order valence-electron chi connectivity index (χ1n) is 16.5. The lowest BCUT2D eigenvalue weighted by molar-refractivity contribution is 1.19. The normalized spacial score (nSPS) is 11.6. The number of fused-ring (bicyclic) bond motifs is 6. The van der Waals surface area contributed by atoms with Gasteiger partial charge in [0.1, 0.15) is 5.69 Å². The standard InChI is InChI=1S/C44H26N6/c1-2-6-34-33(5-1)35(15-16-36(34)39-18-12-29-9-8-28-4-3-21-47-43(28)44(29)50-39)38-19-14-32-24-30(13-17-37(32)48-38)31-10-7-27-11-20-40(49-41(27)25-31)42-26-45-22-23-46-42/h1-26H. The molecule has 5 aromatic carbocycles. The monoisotopic (exact) mass is 638 g/mol. The first kappa shape index (κ1) is 28.1. The van der Waals surface area contributed by atoms with E-state index in [0.717, 1.165) is 99.4 Å². The van der Waals surface area contributed by atoms with Crippen LogP contribution < -0.4 is 0 Å². The Bertz CT molecular complexity index is 2940. The van der Waals surface area contributed by atoms with Crippen molar-refractivity contribution in [3.63, 3.8) is 0 Å². The molecule has 10 rings (SSSR count). The molecule has 0 aliphatic rings. The topological polar surface area (TPSA) is 77.3 Å². The molecule has 50 heavy (non-hydrogen) atoms. The second-order valence-electron chi connectivity index (χ2n) is 12.4. The molecule has 0 aliphatic heterocycles. The lowest BCUT2D eigenvalue weighted by Crippen LogP contribution is -1.92. The third kappa shape index (κ3) is 4.73. The summed E-state index contributed by atoms with van der Waals surface area (Å²) in [5.74, 6) is 0. The van der Waals surface area contributed by atoms with Gasteiger partial charge in [0, 0.05) is 51.3 Å². The zero-order valence-electron chi connectivity index (χ0n) is 26.7. The molecule has 0 aliphatic carbocycles. The third-order valence-electron chi connectivity index (χ3n) is 9.45. The average molecular weight is 639 g/mol. The fourth-order valence-corrected chi connectivity index (χ4v) is 6.95. The minimum Gasteiger partial charge on any atom is -0.261 e. The Morgan fingerprint density at radius 1 is 0.360 bits per heavy atom. The molecule has 232 valence electrons. The van der Waals surface area contributed by atoms with Gasteiger partial charge in [0.15, 0.2) is 0 Å². The summed E-state index contributed by atoms with van der Waals surface area (Å²) in [7, 11) is 0. The smallest absolute Gasteiger partial charge is 0.107 e. The maximum Gasteiger partial charge on any atom is 0.107 e. The van der Waals surface area contributed by atoms with Crippen LogP contribution in [-0.2, 0) is 0 Å². The van der Waals surface area contributed by atoms with E-state index in [9.17, 15) is 0 Å². The van der Waals surface area contributed by atoms with Crippen LogP contribution in [0.1, 0.15) is 0 Å². The molecule has 5 heterocycles. The van der Waals surface area contributed by atoms with E-state index in [1.165, 1.54) is 0 Å². The highest BCUT2D eigenvalue weighted by molar-refractivity contribution is 6.07. The Hall–Kier alpha value is -6.92. The molecule has 0 atom stereocenters. The van der Waals surface area contributed by atoms with E-state index in [0.29, 0.717) is 0 Å². The molecule has 6 heteroatoms. The highest BCUT2D eigenvalue weighted by Gasteiger charge is 2.14. The highest BCUT2D eigenvalue weighted by Crippen LogP contribution is 2.37. The van der Waals surface area contributed by atoms with Gasteiger partial charge in [-0.15, -0.1) is 0 Å². The number of rotatable bonds is 4. The van der Waals surface area contributed by atoms with Crippen LogP contribution in [0.25, 0.3) is 99.4 Å². The molecule has 0 bridgehead atoms. The fourth-order valence-electron chi connectivity index (χ4n) is 6.95. The van der Waals surface area contributed by atoms with E-state index in [1.807, 2.05) is 18.3 Å². The van der Waals surface area contributed by atoms with Crippen LogP contribution in [0, 0.1) is 0 Å². The summed E-state index contributed by atoms with van der Waals surface area (Å²) in [6, 6.07) is 46.5. The second-order valence-corrected chi connectivity index (χ2v) is 12.4. The predicted octanol–water partition coefficient (Wildman–Crippen LogP) is 10.5. The molecule has 0 spiro atoms. The van der Waals surface area contributed by atoms with Gasteiger partial charge in [-0.1, -0.05) is 91.0 Å². The van der Waals surface area contributed by atoms with E-state index < -0.39 is 0 Å². The van der Waals surface area contributed by atoms with Crippen molar-refractivity contribution in [2.45, 2.75) is 0 Å². The van der Waals surface area contributed by atoms with Crippen molar-refractivity contribution in [2.24, 2.45) is 0 Å². The van der Waals surface area contributed by atoms with E-state index in [1.54, 1.807) is 18.6 Å². The summed E-state index contributed by atoms with van der Waals surface area (Å²) in [6.07, 6.45) is 6.92. The van der Waals surface area contributed by atoms with Crippen LogP contribution in [-0.4, -0.2) is 29.9 Å². The fraction of sp³-hybridized carbons (Fsp3) is 0. The van der Waals surface area contributed by atoms with Gasteiger partial charge in [0.25, 0.3) is 0 Å². The van der Waals surface area contributed by atoms with E-state index in [4.69, 9.17) is 15.0 Å². The molecule has 0 fully saturated rings. The summed E-state index contributed by atoms with van der Waals surface area (Å²) in [5.41, 5.74) is 11.5. The molecule has 0 amide bonds. The van der Waals surface area contributed by atoms with Gasteiger partial charge >= 0.3 is 0 Å². The van der Waals surface area contributed by atoms with Crippen LogP contribution in [0.4, 0.5) is 0 Å². The lowest BCUT2D eigenvalue weighted by atomic mass is 9.95. The van der Waals surface area contributed by atoms with E-state index in [-0.39, 0.29) is 0 Å². The van der Waals surface area contributed by atoms with Gasteiger partial charge in [-0.05, 0) is 64.4 Å². The largest absolute Gasteiger partial charge is 0.261 e. The van der Waals surface area contributed by atoms with Gasteiger partial charge in [-0.25, -0.2) is 15.0 Å². The van der Waals surface area contributed by atoms with Gasteiger partial charge in [-0.2, -0.15) is 0 Å². The first-order chi connectivity index (χ1) is 24.7. The number of aromatic nitrogens is 6. The van der Waals surface area contributed by atoms with Crippen molar-refractivity contribution in [1.29, 1.82) is 0 Å². The zero-order chi connectivity index (χ0) is 33.0. The number of benzene rings is 5. The molecule has 0 unspecified atom stereocenters. The van der Waals surface area contributed by atoms with Crippen molar-refractivity contribution >= 4 is 54.4 Å². The maximum absolute atomic E-state index is 5.15. The molecule has 5 aromatic heterocycles. The van der Waals surface area contributed by atoms with Crippen LogP contribution in [0.5, 0.6) is 0 Å². The Balaban J connectivity index is 1.02. The summed E-state index contributed by atoms with van der Waals surface area (Å²) in [5, 5.41) is 6.59. The summed E-state index contributed by atoms with van der Waals surface area (Å²) < 4.78 is 0. The first-order valence-corrected chi connectivity index (χ1v) is 16.5. The molecule has 0 N–H and O–H groups in total. The predicted molar refractivity (Wildman–Crippen MR) is 202 cm³/mol. The molecule has 10 aromatic rings. The molecule has 0 saturated carbocycles. The Morgan fingerprint density at radius 2 is 1.02 bits per heavy atom. The van der Waals surface area contributed by atoms with Gasteiger partial charge in [0.05, 0.1) is 45.3 Å². The third-order valence-corrected chi connectivity index (χ3v) is 9.45. The Labute approximate surface area is 286 Å². The summed E-state index contributed by atoms with van der Waals surface area (Å²) >= 11 is 0. The molecule has 0 saturated heterocycles. The van der Waals surface area contributed by atoms with Crippen molar-refractivity contribution < 1.29 is 0 Å². The molecular formula is C44H26N6. The number of pyridine rings is 4. The van der Waals surface area contributed by atoms with E-state index >= 15 is 0 Å². The van der Waals surface area contributed by atoms with Crippen LogP contribution in [0.2, 0.25) is 0 Å². The summed E-state index contributed by atoms with van der Waals surface area (Å²) in [6.45, 7) is 0. The molecule has 0 radical (unpaired) electrons. The van der Waals surface area contributed by atoms with Crippen molar-refractivity contribution in [1.82, 2.24) is 29.9 Å². The van der Waals surface area contributed by atoms with Crippen LogP contribution in [0.15, 0.2) is 158 Å². The van der Waals surface area contributed by atoms with E-state index in [2.05, 4.69) is 136 Å². The second kappa shape index (κ2) is 11.4. The van der Waals surface area contributed by atoms with Crippen LogP contribution in [0.3, 0.4) is 0 Å². The molecule has 6 nitrogen and oxygen atoms in total. The lowest BCUT2D eigenvalue weighted by Gasteiger charge is -2.13. The maximum atomic E-state index is 5.15. The van der Waals surface area contributed by atoms with Crippen LogP contribution >= 0.6 is 0 Å². The van der Waals surface area contributed by atoms with Gasteiger partial charge in [0.2, 0.25) is 0 Å². The summed E-state index contributed by atoms with van der Waals surface area (Å²) in [4.78, 5) is 28.5. The quantitative estimate of drug-likeness (QED) is 0.179. The highest BCUT2D eigenvalue weighted by atomic mass is 14.8. The minimum absolute atomic E-state index is 0.756. The zero-order valence-corrected chi connectivity index (χ0v) is 26.7. The Morgan fingerprint density at radius 3 is 1.84 bits per heavy atom. The Kier molecular flexibility index (Phi) is 6.39. The van der Waals surface area contributed by atoms with Crippen molar-refractivity contribution in [3.8, 4) is 45.0 Å². The van der Waals surface area contributed by atoms with Crippen molar-refractivity contribution in [3.05, 3.63) is 158 Å². The minimum atomic E-state index is 0.756.